The predicted octanol–water partition coefficient (Wildman–Crippen LogP) is 4.33. The Hall–Kier alpha value is -1.71. The van der Waals surface area contributed by atoms with Gasteiger partial charge in [-0.2, -0.15) is 0 Å². The number of pyridine rings is 1. The molecule has 0 aliphatic rings. The van der Waals surface area contributed by atoms with Gasteiger partial charge in [0.05, 0.1) is 5.69 Å². The summed E-state index contributed by atoms with van der Waals surface area (Å²) in [5.41, 5.74) is 2.16. The average Bonchev–Trinajstić information content (AvgIpc) is 2.56. The number of halogens is 1. The monoisotopic (exact) mass is 367 g/mol. The molecular formula is C19H18BrNSi. The second-order valence-corrected chi connectivity index (χ2v) is 11.3. The van der Waals surface area contributed by atoms with Crippen LogP contribution in [0.5, 0.6) is 0 Å². The minimum Gasteiger partial charge on any atom is -0.256 e. The van der Waals surface area contributed by atoms with Crippen molar-refractivity contribution >= 4 is 34.4 Å². The Bertz CT molecular complexity index is 767. The van der Waals surface area contributed by atoms with Gasteiger partial charge in [-0.25, -0.2) is 0 Å². The fraction of sp³-hybridized carbons (Fsp3) is 0.105. The van der Waals surface area contributed by atoms with E-state index in [1.165, 1.54) is 10.4 Å². The van der Waals surface area contributed by atoms with Crippen LogP contribution in [0.4, 0.5) is 0 Å². The Morgan fingerprint density at radius 2 is 1.59 bits per heavy atom. The van der Waals surface area contributed by atoms with Gasteiger partial charge in [0.2, 0.25) is 0 Å². The minimum absolute atomic E-state index is 1.02. The van der Waals surface area contributed by atoms with Crippen molar-refractivity contribution in [3.05, 3.63) is 77.4 Å². The molecule has 3 rings (SSSR count). The van der Waals surface area contributed by atoms with Crippen LogP contribution in [0, 0.1) is 0 Å². The van der Waals surface area contributed by atoms with Crippen LogP contribution < -0.4 is 10.4 Å². The van der Waals surface area contributed by atoms with Crippen molar-refractivity contribution in [3.63, 3.8) is 0 Å². The minimum atomic E-state index is -1.66. The third-order valence-electron chi connectivity index (χ3n) is 4.10. The Kier molecular flexibility index (Phi) is 4.27. The largest absolute Gasteiger partial charge is 0.256 e. The smallest absolute Gasteiger partial charge is 0.114 e. The van der Waals surface area contributed by atoms with Crippen molar-refractivity contribution in [3.8, 4) is 11.3 Å². The molecule has 3 heteroatoms. The summed E-state index contributed by atoms with van der Waals surface area (Å²) < 4.78 is 1.08. The fourth-order valence-corrected chi connectivity index (χ4v) is 5.25. The van der Waals surface area contributed by atoms with Crippen LogP contribution in [0.1, 0.15) is 0 Å². The zero-order chi connectivity index (χ0) is 15.6. The molecule has 3 aromatic rings. The standard InChI is InChI=1S/C19H18BrNSi/c1-22(2,17-9-4-3-5-10-17)18-11-12-19(21-14-18)15-7-6-8-16(20)13-15/h3-14H,1-2H3. The third-order valence-corrected chi connectivity index (χ3v) is 8.11. The van der Waals surface area contributed by atoms with Gasteiger partial charge in [0.1, 0.15) is 8.07 Å². The van der Waals surface area contributed by atoms with Crippen LogP contribution >= 0.6 is 15.9 Å². The van der Waals surface area contributed by atoms with E-state index in [9.17, 15) is 0 Å². The summed E-state index contributed by atoms with van der Waals surface area (Å²) in [6.45, 7) is 4.75. The van der Waals surface area contributed by atoms with Gasteiger partial charge < -0.3 is 0 Å². The zero-order valence-corrected chi connectivity index (χ0v) is 15.3. The van der Waals surface area contributed by atoms with Crippen LogP contribution in [0.3, 0.4) is 0 Å². The molecule has 0 aliphatic heterocycles. The maximum atomic E-state index is 4.70. The molecule has 0 amide bonds. The quantitative estimate of drug-likeness (QED) is 0.627. The Morgan fingerprint density at radius 1 is 0.818 bits per heavy atom. The van der Waals surface area contributed by atoms with E-state index in [0.29, 0.717) is 0 Å². The number of nitrogens with zero attached hydrogens (tertiary/aromatic N) is 1. The molecule has 1 heterocycles. The van der Waals surface area contributed by atoms with Crippen molar-refractivity contribution in [2.45, 2.75) is 13.1 Å². The second-order valence-electron chi connectivity index (χ2n) is 5.93. The number of benzene rings is 2. The number of rotatable bonds is 3. The molecule has 0 saturated heterocycles. The first-order valence-electron chi connectivity index (χ1n) is 7.35. The highest BCUT2D eigenvalue weighted by atomic mass is 79.9. The second kappa shape index (κ2) is 6.19. The molecule has 0 N–H and O–H groups in total. The van der Waals surface area contributed by atoms with Crippen molar-refractivity contribution < 1.29 is 0 Å². The van der Waals surface area contributed by atoms with E-state index in [1.807, 2.05) is 12.1 Å². The summed E-state index contributed by atoms with van der Waals surface area (Å²) in [4.78, 5) is 4.70. The highest BCUT2D eigenvalue weighted by Gasteiger charge is 2.25. The van der Waals surface area contributed by atoms with Crippen molar-refractivity contribution in [2.75, 3.05) is 0 Å². The number of hydrogen-bond donors (Lipinski definition) is 0. The highest BCUT2D eigenvalue weighted by Crippen LogP contribution is 2.20. The summed E-state index contributed by atoms with van der Waals surface area (Å²) in [6, 6.07) is 23.4. The van der Waals surface area contributed by atoms with Gasteiger partial charge in [0.15, 0.2) is 0 Å². The van der Waals surface area contributed by atoms with Gasteiger partial charge in [-0.3, -0.25) is 4.98 Å². The molecule has 22 heavy (non-hydrogen) atoms. The summed E-state index contributed by atoms with van der Waals surface area (Å²) in [6.07, 6.45) is 2.05. The Morgan fingerprint density at radius 3 is 2.23 bits per heavy atom. The Labute approximate surface area is 141 Å². The molecule has 0 spiro atoms. The van der Waals surface area contributed by atoms with Gasteiger partial charge in [-0.05, 0) is 23.4 Å². The van der Waals surface area contributed by atoms with Gasteiger partial charge in [0.25, 0.3) is 0 Å². The normalized spacial score (nSPS) is 11.4. The summed E-state index contributed by atoms with van der Waals surface area (Å²) >= 11 is 3.52. The SMILES string of the molecule is C[Si](C)(c1ccccc1)c1ccc(-c2cccc(Br)c2)nc1. The van der Waals surface area contributed by atoms with Gasteiger partial charge in [-0.1, -0.05) is 82.7 Å². The molecule has 0 aliphatic carbocycles. The van der Waals surface area contributed by atoms with E-state index in [1.54, 1.807) is 0 Å². The molecule has 1 nitrogen and oxygen atoms in total. The van der Waals surface area contributed by atoms with Crippen molar-refractivity contribution in [1.29, 1.82) is 0 Å². The highest BCUT2D eigenvalue weighted by molar-refractivity contribution is 9.10. The number of aromatic nitrogens is 1. The lowest BCUT2D eigenvalue weighted by molar-refractivity contribution is 1.34. The van der Waals surface area contributed by atoms with Crippen LogP contribution in [-0.2, 0) is 0 Å². The van der Waals surface area contributed by atoms with Crippen LogP contribution in [0.25, 0.3) is 11.3 Å². The van der Waals surface area contributed by atoms with E-state index < -0.39 is 8.07 Å². The van der Waals surface area contributed by atoms with Crippen LogP contribution in [-0.4, -0.2) is 13.1 Å². The molecule has 2 aromatic carbocycles. The van der Waals surface area contributed by atoms with Crippen LogP contribution in [0.2, 0.25) is 13.1 Å². The van der Waals surface area contributed by atoms with E-state index in [2.05, 4.69) is 89.8 Å². The first kappa shape index (κ1) is 15.2. The molecule has 0 fully saturated rings. The molecule has 0 bridgehead atoms. The first-order chi connectivity index (χ1) is 10.6. The predicted molar refractivity (Wildman–Crippen MR) is 101 cm³/mol. The van der Waals surface area contributed by atoms with Crippen LogP contribution in [0.15, 0.2) is 77.4 Å². The molecule has 0 saturated carbocycles. The summed E-state index contributed by atoms with van der Waals surface area (Å²) in [7, 11) is -1.66. The molecule has 1 aromatic heterocycles. The maximum Gasteiger partial charge on any atom is 0.114 e. The Balaban J connectivity index is 1.95. The molecule has 110 valence electrons. The topological polar surface area (TPSA) is 12.9 Å². The van der Waals surface area contributed by atoms with E-state index in [-0.39, 0.29) is 0 Å². The maximum absolute atomic E-state index is 4.70. The molecule has 0 radical (unpaired) electrons. The van der Waals surface area contributed by atoms with Gasteiger partial charge in [-0.15, -0.1) is 0 Å². The first-order valence-corrected chi connectivity index (χ1v) is 11.1. The fourth-order valence-electron chi connectivity index (χ4n) is 2.60. The van der Waals surface area contributed by atoms with Gasteiger partial charge >= 0.3 is 0 Å². The van der Waals surface area contributed by atoms with Crippen molar-refractivity contribution in [1.82, 2.24) is 4.98 Å². The van der Waals surface area contributed by atoms with Gasteiger partial charge in [0, 0.05) is 16.2 Å². The molecular weight excluding hydrogens is 350 g/mol. The summed E-state index contributed by atoms with van der Waals surface area (Å²) in [5.74, 6) is 0. The molecule has 0 unspecified atom stereocenters. The lowest BCUT2D eigenvalue weighted by atomic mass is 10.1. The average molecular weight is 368 g/mol. The number of hydrogen-bond acceptors (Lipinski definition) is 1. The van der Waals surface area contributed by atoms with E-state index >= 15 is 0 Å². The summed E-state index contributed by atoms with van der Waals surface area (Å²) in [5, 5.41) is 2.80. The van der Waals surface area contributed by atoms with E-state index in [4.69, 9.17) is 4.98 Å². The lowest BCUT2D eigenvalue weighted by Gasteiger charge is -2.23. The zero-order valence-electron chi connectivity index (χ0n) is 12.8. The molecule has 0 atom stereocenters. The lowest BCUT2D eigenvalue weighted by Crippen LogP contribution is -2.52. The third kappa shape index (κ3) is 3.06. The van der Waals surface area contributed by atoms with E-state index in [0.717, 1.165) is 15.7 Å². The van der Waals surface area contributed by atoms with Crippen molar-refractivity contribution in [2.24, 2.45) is 0 Å².